The number of carbonyl (C=O) groups is 1. The lowest BCUT2D eigenvalue weighted by Gasteiger charge is -2.57. The van der Waals surface area contributed by atoms with Crippen LogP contribution in [0.3, 0.4) is 0 Å². The lowest BCUT2D eigenvalue weighted by molar-refractivity contribution is -0.133. The molecule has 4 aliphatic carbocycles. The fraction of sp³-hybridized carbons (Fsp3) is 0.923. The number of carbonyl (C=O) groups excluding carboxylic acids is 1. The zero-order valence-electron chi connectivity index (χ0n) is 11.0. The van der Waals surface area contributed by atoms with Crippen LogP contribution in [0, 0.1) is 28.4 Å². The molecular formula is C13H17F3NO2S-. The van der Waals surface area contributed by atoms with Gasteiger partial charge in [0.15, 0.2) is 0 Å². The highest BCUT2D eigenvalue weighted by molar-refractivity contribution is 7.98. The van der Waals surface area contributed by atoms with Crippen molar-refractivity contribution in [3.8, 4) is 0 Å². The second-order valence-electron chi connectivity index (χ2n) is 6.78. The van der Waals surface area contributed by atoms with Crippen molar-refractivity contribution in [2.24, 2.45) is 23.2 Å². The van der Waals surface area contributed by atoms with E-state index in [1.54, 1.807) is 0 Å². The topological polar surface area (TPSA) is 43.4 Å². The first-order valence-corrected chi connectivity index (χ1v) is 7.78. The molecule has 4 aliphatic rings. The molecule has 0 atom stereocenters. The second-order valence-corrected chi connectivity index (χ2v) is 7.76. The summed E-state index contributed by atoms with van der Waals surface area (Å²) in [6.45, 7) is 0. The molecule has 20 heavy (non-hydrogen) atoms. The predicted molar refractivity (Wildman–Crippen MR) is 69.1 cm³/mol. The van der Waals surface area contributed by atoms with E-state index in [4.69, 9.17) is 0 Å². The van der Waals surface area contributed by atoms with Gasteiger partial charge >= 0.3 is 5.51 Å². The maximum absolute atomic E-state index is 12.1. The second kappa shape index (κ2) is 4.80. The van der Waals surface area contributed by atoms with Crippen LogP contribution >= 0.6 is 11.9 Å². The lowest BCUT2D eigenvalue weighted by Crippen LogP contribution is -2.47. The van der Waals surface area contributed by atoms with Crippen molar-refractivity contribution in [1.82, 2.24) is 4.47 Å². The van der Waals surface area contributed by atoms with Crippen LogP contribution in [0.4, 0.5) is 13.2 Å². The van der Waals surface area contributed by atoms with Crippen molar-refractivity contribution in [2.75, 3.05) is 0 Å². The van der Waals surface area contributed by atoms with Gasteiger partial charge in [-0.1, -0.05) is 0 Å². The molecule has 0 N–H and O–H groups in total. The molecule has 3 nitrogen and oxygen atoms in total. The molecule has 0 saturated heterocycles. The van der Waals surface area contributed by atoms with Gasteiger partial charge in [0.1, 0.15) is 0 Å². The summed E-state index contributed by atoms with van der Waals surface area (Å²) in [5, 5.41) is 11.3. The van der Waals surface area contributed by atoms with E-state index in [9.17, 15) is 23.2 Å². The van der Waals surface area contributed by atoms with Gasteiger partial charge in [0.25, 0.3) is 0 Å². The Morgan fingerprint density at radius 1 is 1.15 bits per heavy atom. The molecule has 4 rings (SSSR count). The molecule has 0 aromatic heterocycles. The third-order valence-electron chi connectivity index (χ3n) is 5.08. The van der Waals surface area contributed by atoms with Crippen LogP contribution in [-0.4, -0.2) is 15.9 Å². The highest BCUT2D eigenvalue weighted by Crippen LogP contribution is 2.61. The quantitative estimate of drug-likeness (QED) is 0.582. The summed E-state index contributed by atoms with van der Waals surface area (Å²) in [7, 11) is 0. The van der Waals surface area contributed by atoms with Crippen molar-refractivity contribution in [3.63, 3.8) is 0 Å². The average Bonchev–Trinajstić information content (AvgIpc) is 2.23. The Labute approximate surface area is 120 Å². The van der Waals surface area contributed by atoms with Crippen LogP contribution in [0.1, 0.15) is 44.9 Å². The van der Waals surface area contributed by atoms with Gasteiger partial charge in [-0.05, 0) is 61.7 Å². The number of nitrogens with zero attached hydrogens (tertiary/aromatic N) is 1. The molecule has 0 aromatic carbocycles. The van der Waals surface area contributed by atoms with Crippen molar-refractivity contribution in [2.45, 2.75) is 50.5 Å². The Balaban J connectivity index is 1.64. The molecular weight excluding hydrogens is 291 g/mol. The zero-order chi connectivity index (χ0) is 14.5. The van der Waals surface area contributed by atoms with Crippen LogP contribution in [0.2, 0.25) is 0 Å². The summed E-state index contributed by atoms with van der Waals surface area (Å²) in [5.41, 5.74) is -4.89. The number of hydroxylamine groups is 1. The Hall–Kier alpha value is -0.430. The summed E-state index contributed by atoms with van der Waals surface area (Å²) in [6.07, 6.45) is 6.33. The largest absolute Gasteiger partial charge is 0.746 e. The predicted octanol–water partition coefficient (Wildman–Crippen LogP) is 4.09. The molecule has 4 bridgehead atoms. The number of amides is 1. The first kappa shape index (κ1) is 14.5. The maximum Gasteiger partial charge on any atom is 0.461 e. The van der Waals surface area contributed by atoms with E-state index >= 15 is 0 Å². The van der Waals surface area contributed by atoms with Crippen molar-refractivity contribution in [1.29, 1.82) is 0 Å². The van der Waals surface area contributed by atoms with Crippen molar-refractivity contribution >= 4 is 17.9 Å². The monoisotopic (exact) mass is 308 g/mol. The van der Waals surface area contributed by atoms with E-state index in [2.05, 4.69) is 0 Å². The average molecular weight is 308 g/mol. The summed E-state index contributed by atoms with van der Waals surface area (Å²) >= 11 is -0.878. The minimum Gasteiger partial charge on any atom is -0.746 e. The molecule has 0 heterocycles. The fourth-order valence-corrected chi connectivity index (χ4v) is 5.39. The fourth-order valence-electron chi connectivity index (χ4n) is 5.04. The normalized spacial score (nSPS) is 39.1. The van der Waals surface area contributed by atoms with Crippen LogP contribution < -0.4 is 0 Å². The highest BCUT2D eigenvalue weighted by Gasteiger charge is 2.51. The zero-order valence-corrected chi connectivity index (χ0v) is 11.8. The van der Waals surface area contributed by atoms with Gasteiger partial charge in [-0.3, -0.25) is 4.79 Å². The highest BCUT2D eigenvalue weighted by atomic mass is 32.2. The van der Waals surface area contributed by atoms with Gasteiger partial charge in [0.2, 0.25) is 5.91 Å². The van der Waals surface area contributed by atoms with Gasteiger partial charge in [-0.25, -0.2) is 0 Å². The summed E-state index contributed by atoms with van der Waals surface area (Å²) in [5.74, 6) is 0.924. The summed E-state index contributed by atoms with van der Waals surface area (Å²) < 4.78 is 35.9. The SMILES string of the molecule is O=C(CC12CC3CC(CC(C3)C1)C2)N([O-])SC(F)(F)F. The molecule has 4 saturated carbocycles. The number of halogens is 3. The molecule has 0 spiro atoms. The van der Waals surface area contributed by atoms with Gasteiger partial charge in [0, 0.05) is 6.42 Å². The van der Waals surface area contributed by atoms with Gasteiger partial charge < -0.3 is 9.68 Å². The summed E-state index contributed by atoms with van der Waals surface area (Å²) in [4.78, 5) is 11.8. The van der Waals surface area contributed by atoms with Crippen LogP contribution in [0.25, 0.3) is 0 Å². The number of hydrogen-bond acceptors (Lipinski definition) is 3. The molecule has 7 heteroatoms. The standard InChI is InChI=1S/C13H17F3NO2S/c14-13(15,16)20-17(19)11(18)7-12-4-8-1-9(5-12)3-10(2-8)6-12/h8-10H,1-7H2/q-1. The van der Waals surface area contributed by atoms with Crippen LogP contribution in [0.5, 0.6) is 0 Å². The molecule has 0 aromatic rings. The molecule has 0 unspecified atom stereocenters. The van der Waals surface area contributed by atoms with Crippen LogP contribution in [-0.2, 0) is 4.79 Å². The Bertz CT molecular complexity index is 378. The Kier molecular flexibility index (Phi) is 3.48. The molecule has 114 valence electrons. The minimum atomic E-state index is -4.70. The maximum atomic E-state index is 12.1. The Morgan fingerprint density at radius 2 is 1.60 bits per heavy atom. The Morgan fingerprint density at radius 3 is 2.00 bits per heavy atom. The van der Waals surface area contributed by atoms with E-state index < -0.39 is 27.8 Å². The molecule has 1 amide bonds. The molecule has 0 aliphatic heterocycles. The third kappa shape index (κ3) is 2.93. The van der Waals surface area contributed by atoms with E-state index in [0.29, 0.717) is 17.8 Å². The van der Waals surface area contributed by atoms with Gasteiger partial charge in [0.05, 0.1) is 11.9 Å². The lowest BCUT2D eigenvalue weighted by atomic mass is 9.49. The number of alkyl halides is 3. The smallest absolute Gasteiger partial charge is 0.461 e. The first-order valence-electron chi connectivity index (χ1n) is 7.01. The van der Waals surface area contributed by atoms with Crippen molar-refractivity contribution in [3.05, 3.63) is 5.21 Å². The van der Waals surface area contributed by atoms with Crippen LogP contribution in [0.15, 0.2) is 0 Å². The number of rotatable bonds is 3. The van der Waals surface area contributed by atoms with E-state index in [1.807, 2.05) is 0 Å². The minimum absolute atomic E-state index is 0.0108. The third-order valence-corrected chi connectivity index (χ3v) is 5.66. The van der Waals surface area contributed by atoms with Crippen molar-refractivity contribution < 1.29 is 18.0 Å². The molecule has 0 radical (unpaired) electrons. The van der Waals surface area contributed by atoms with Gasteiger partial charge in [-0.15, -0.1) is 0 Å². The van der Waals surface area contributed by atoms with E-state index in [0.717, 1.165) is 19.3 Å². The van der Waals surface area contributed by atoms with E-state index in [-0.39, 0.29) is 11.8 Å². The summed E-state index contributed by atoms with van der Waals surface area (Å²) in [6, 6.07) is 0. The van der Waals surface area contributed by atoms with E-state index in [1.165, 1.54) is 19.3 Å². The number of hydrogen-bond donors (Lipinski definition) is 0. The first-order chi connectivity index (χ1) is 9.25. The molecule has 4 fully saturated rings. The van der Waals surface area contributed by atoms with Gasteiger partial charge in [-0.2, -0.15) is 13.2 Å².